The summed E-state index contributed by atoms with van der Waals surface area (Å²) in [5, 5.41) is 0. The summed E-state index contributed by atoms with van der Waals surface area (Å²) in [6.07, 6.45) is 2.27. The molecule has 0 heterocycles. The summed E-state index contributed by atoms with van der Waals surface area (Å²) in [5.74, 6) is 0. The first-order valence-electron chi connectivity index (χ1n) is 5.53. The molecule has 0 amide bonds. The Morgan fingerprint density at radius 3 is 1.15 bits per heavy atom. The van der Waals surface area contributed by atoms with Crippen LogP contribution in [0.15, 0.2) is 11.8 Å². The second-order valence-corrected chi connectivity index (χ2v) is 10.8. The molecule has 78 valence electrons. The summed E-state index contributed by atoms with van der Waals surface area (Å²) >= 11 is 0. The van der Waals surface area contributed by atoms with Gasteiger partial charge in [-0.1, -0.05) is 53.3 Å². The summed E-state index contributed by atoms with van der Waals surface area (Å²) in [4.78, 5) is 0. The molecule has 0 rings (SSSR count). The second-order valence-electron chi connectivity index (χ2n) is 4.96. The van der Waals surface area contributed by atoms with Crippen LogP contribution in [0.1, 0.15) is 48.5 Å². The van der Waals surface area contributed by atoms with Gasteiger partial charge in [-0.2, -0.15) is 0 Å². The average molecular weight is 198 g/mol. The Labute approximate surface area is 85.4 Å². The molecular weight excluding hydrogens is 172 g/mol. The first-order valence-corrected chi connectivity index (χ1v) is 7.84. The van der Waals surface area contributed by atoms with E-state index in [0.29, 0.717) is 0 Å². The van der Waals surface area contributed by atoms with Gasteiger partial charge in [0.05, 0.1) is 8.07 Å². The third-order valence-electron chi connectivity index (χ3n) is 3.46. The maximum absolute atomic E-state index is 2.55. The number of hydrogen-bond acceptors (Lipinski definition) is 0. The summed E-state index contributed by atoms with van der Waals surface area (Å²) in [5.41, 5.74) is 5.10. The normalized spacial score (nSPS) is 14.0. The SMILES string of the molecule is CC=C[Si](C(C)C)(C(C)C)C(C)C. The van der Waals surface area contributed by atoms with E-state index in [2.05, 4.69) is 60.2 Å². The van der Waals surface area contributed by atoms with Crippen molar-refractivity contribution in [2.24, 2.45) is 0 Å². The Morgan fingerprint density at radius 1 is 0.769 bits per heavy atom. The van der Waals surface area contributed by atoms with Crippen molar-refractivity contribution >= 4 is 8.07 Å². The van der Waals surface area contributed by atoms with Crippen molar-refractivity contribution in [3.05, 3.63) is 11.8 Å². The minimum atomic E-state index is -1.21. The van der Waals surface area contributed by atoms with E-state index in [9.17, 15) is 0 Å². The number of hydrogen-bond donors (Lipinski definition) is 0. The van der Waals surface area contributed by atoms with Crippen molar-refractivity contribution in [3.8, 4) is 0 Å². The molecule has 0 aliphatic rings. The molecule has 0 aromatic heterocycles. The van der Waals surface area contributed by atoms with Crippen LogP contribution in [0.3, 0.4) is 0 Å². The van der Waals surface area contributed by atoms with Gasteiger partial charge in [0.2, 0.25) is 0 Å². The fourth-order valence-corrected chi connectivity index (χ4v) is 8.60. The van der Waals surface area contributed by atoms with E-state index in [4.69, 9.17) is 0 Å². The van der Waals surface area contributed by atoms with E-state index in [1.165, 1.54) is 0 Å². The molecule has 0 bridgehead atoms. The van der Waals surface area contributed by atoms with E-state index >= 15 is 0 Å². The fourth-order valence-electron chi connectivity index (χ4n) is 2.87. The largest absolute Gasteiger partial charge is 0.0977 e. The lowest BCUT2D eigenvalue weighted by Crippen LogP contribution is -2.42. The van der Waals surface area contributed by atoms with Crippen molar-refractivity contribution in [3.63, 3.8) is 0 Å². The van der Waals surface area contributed by atoms with Crippen LogP contribution in [-0.2, 0) is 0 Å². The third-order valence-corrected chi connectivity index (χ3v) is 10.4. The quantitative estimate of drug-likeness (QED) is 0.570. The molecule has 0 aliphatic heterocycles. The lowest BCUT2D eigenvalue weighted by molar-refractivity contribution is 0.833. The zero-order chi connectivity index (χ0) is 10.6. The van der Waals surface area contributed by atoms with E-state index in [-0.39, 0.29) is 0 Å². The number of rotatable bonds is 4. The topological polar surface area (TPSA) is 0 Å². The van der Waals surface area contributed by atoms with E-state index in [0.717, 1.165) is 16.6 Å². The highest BCUT2D eigenvalue weighted by Gasteiger charge is 2.39. The Kier molecular flexibility index (Phi) is 4.98. The number of allylic oxidation sites excluding steroid dienone is 1. The third kappa shape index (κ3) is 2.46. The maximum atomic E-state index is 2.55. The van der Waals surface area contributed by atoms with Gasteiger partial charge in [0, 0.05) is 0 Å². The highest BCUT2D eigenvalue weighted by Crippen LogP contribution is 2.42. The molecule has 0 aromatic carbocycles. The van der Waals surface area contributed by atoms with E-state index in [1.807, 2.05) is 0 Å². The van der Waals surface area contributed by atoms with Crippen LogP contribution in [-0.4, -0.2) is 8.07 Å². The minimum Gasteiger partial charge on any atom is -0.0977 e. The molecule has 0 aromatic rings. The molecule has 0 radical (unpaired) electrons. The van der Waals surface area contributed by atoms with Gasteiger partial charge in [-0.05, 0) is 23.5 Å². The summed E-state index contributed by atoms with van der Waals surface area (Å²) < 4.78 is 0. The van der Waals surface area contributed by atoms with Crippen LogP contribution < -0.4 is 0 Å². The van der Waals surface area contributed by atoms with Gasteiger partial charge in [-0.25, -0.2) is 0 Å². The average Bonchev–Trinajstić information content (AvgIpc) is 1.97. The lowest BCUT2D eigenvalue weighted by Gasteiger charge is -2.40. The van der Waals surface area contributed by atoms with Crippen LogP contribution in [0, 0.1) is 0 Å². The Bertz CT molecular complexity index is 144. The second kappa shape index (κ2) is 4.99. The van der Waals surface area contributed by atoms with Crippen molar-refractivity contribution in [2.75, 3.05) is 0 Å². The van der Waals surface area contributed by atoms with Crippen LogP contribution in [0.2, 0.25) is 16.6 Å². The molecule has 0 fully saturated rings. The van der Waals surface area contributed by atoms with Crippen LogP contribution in [0.5, 0.6) is 0 Å². The first-order chi connectivity index (χ1) is 5.89. The van der Waals surface area contributed by atoms with Gasteiger partial charge < -0.3 is 0 Å². The highest BCUT2D eigenvalue weighted by molar-refractivity contribution is 6.87. The van der Waals surface area contributed by atoms with Gasteiger partial charge in [0.15, 0.2) is 0 Å². The van der Waals surface area contributed by atoms with E-state index < -0.39 is 8.07 Å². The Balaban J connectivity index is 5.05. The molecule has 0 nitrogen and oxygen atoms in total. The van der Waals surface area contributed by atoms with Gasteiger partial charge in [-0.3, -0.25) is 0 Å². The zero-order valence-corrected chi connectivity index (χ0v) is 11.4. The lowest BCUT2D eigenvalue weighted by atomic mass is 10.5. The molecule has 1 heteroatoms. The van der Waals surface area contributed by atoms with Gasteiger partial charge in [0.25, 0.3) is 0 Å². The van der Waals surface area contributed by atoms with Crippen molar-refractivity contribution in [1.82, 2.24) is 0 Å². The van der Waals surface area contributed by atoms with Crippen LogP contribution in [0.25, 0.3) is 0 Å². The van der Waals surface area contributed by atoms with Crippen molar-refractivity contribution < 1.29 is 0 Å². The Morgan fingerprint density at radius 2 is 1.08 bits per heavy atom. The fraction of sp³-hybridized carbons (Fsp3) is 0.833. The van der Waals surface area contributed by atoms with Crippen molar-refractivity contribution in [1.29, 1.82) is 0 Å². The van der Waals surface area contributed by atoms with Crippen LogP contribution >= 0.6 is 0 Å². The monoisotopic (exact) mass is 198 g/mol. The predicted molar refractivity (Wildman–Crippen MR) is 65.9 cm³/mol. The summed E-state index contributed by atoms with van der Waals surface area (Å²) in [7, 11) is -1.21. The minimum absolute atomic E-state index is 0.851. The highest BCUT2D eigenvalue weighted by atomic mass is 28.3. The van der Waals surface area contributed by atoms with Gasteiger partial charge >= 0.3 is 0 Å². The summed E-state index contributed by atoms with van der Waals surface area (Å²) in [6, 6.07) is 0. The maximum Gasteiger partial charge on any atom is 0.0849 e. The molecule has 0 spiro atoms. The Hall–Kier alpha value is -0.0431. The van der Waals surface area contributed by atoms with Crippen molar-refractivity contribution in [2.45, 2.75) is 65.1 Å². The van der Waals surface area contributed by atoms with Gasteiger partial charge in [-0.15, -0.1) is 0 Å². The molecule has 0 atom stereocenters. The molecule has 0 saturated carbocycles. The van der Waals surface area contributed by atoms with Gasteiger partial charge in [0.1, 0.15) is 0 Å². The molecule has 0 unspecified atom stereocenters. The predicted octanol–water partition coefficient (Wildman–Crippen LogP) is 4.78. The zero-order valence-electron chi connectivity index (χ0n) is 10.4. The molecular formula is C12H26Si. The van der Waals surface area contributed by atoms with E-state index in [1.54, 1.807) is 0 Å². The van der Waals surface area contributed by atoms with Crippen LogP contribution in [0.4, 0.5) is 0 Å². The standard InChI is InChI=1S/C12H26Si/c1-8-9-13(10(2)3,11(4)5)12(6)7/h8-12H,1-7H3. The summed E-state index contributed by atoms with van der Waals surface area (Å²) in [6.45, 7) is 16.5. The smallest absolute Gasteiger partial charge is 0.0849 e. The molecule has 0 saturated heterocycles. The first kappa shape index (κ1) is 13.0. The molecule has 0 N–H and O–H groups in total. The molecule has 0 aliphatic carbocycles. The molecule has 13 heavy (non-hydrogen) atoms.